The van der Waals surface area contributed by atoms with Gasteiger partial charge >= 0.3 is 0 Å². The van der Waals surface area contributed by atoms with Gasteiger partial charge < -0.3 is 14.6 Å². The fraction of sp³-hybridized carbons (Fsp3) is 0.250. The molecule has 13 heavy (non-hydrogen) atoms. The van der Waals surface area contributed by atoms with Crippen LogP contribution in [0, 0.1) is 3.57 Å². The number of methoxy groups -OCH3 is 2. The number of halogens is 2. The molecule has 72 valence electrons. The molecule has 1 aromatic rings. The zero-order chi connectivity index (χ0) is 10.0. The zero-order valence-electron chi connectivity index (χ0n) is 7.10. The van der Waals surface area contributed by atoms with E-state index < -0.39 is 0 Å². The standard InChI is InChI=1S/C8H8BrIO3/c1-12-5-3-4(11)8(13-2)6(9)7(5)10/h3,11H,1-2H3. The molecule has 0 aromatic heterocycles. The summed E-state index contributed by atoms with van der Waals surface area (Å²) in [5.41, 5.74) is 0. The summed E-state index contributed by atoms with van der Waals surface area (Å²) in [4.78, 5) is 0. The summed E-state index contributed by atoms with van der Waals surface area (Å²) >= 11 is 5.42. The van der Waals surface area contributed by atoms with Crippen LogP contribution in [0.5, 0.6) is 17.2 Å². The van der Waals surface area contributed by atoms with E-state index in [-0.39, 0.29) is 5.75 Å². The summed E-state index contributed by atoms with van der Waals surface area (Å²) in [7, 11) is 3.05. The van der Waals surface area contributed by atoms with Crippen LogP contribution in [-0.2, 0) is 0 Å². The lowest BCUT2D eigenvalue weighted by atomic mass is 10.3. The predicted molar refractivity (Wildman–Crippen MR) is 61.6 cm³/mol. The Morgan fingerprint density at radius 2 is 2.00 bits per heavy atom. The summed E-state index contributed by atoms with van der Waals surface area (Å²) in [5, 5.41) is 9.49. The van der Waals surface area contributed by atoms with Gasteiger partial charge in [0.15, 0.2) is 11.5 Å². The van der Waals surface area contributed by atoms with E-state index in [0.29, 0.717) is 16.0 Å². The molecule has 0 unspecified atom stereocenters. The first-order valence-electron chi connectivity index (χ1n) is 3.40. The minimum Gasteiger partial charge on any atom is -0.504 e. The van der Waals surface area contributed by atoms with Crippen molar-refractivity contribution in [2.45, 2.75) is 0 Å². The molecule has 1 N–H and O–H groups in total. The molecule has 0 spiro atoms. The van der Waals surface area contributed by atoms with Crippen molar-refractivity contribution in [3.63, 3.8) is 0 Å². The second-order valence-electron chi connectivity index (χ2n) is 2.26. The van der Waals surface area contributed by atoms with E-state index in [1.807, 2.05) is 0 Å². The Hall–Kier alpha value is -0.170. The highest BCUT2D eigenvalue weighted by Gasteiger charge is 2.14. The normalized spacial score (nSPS) is 9.85. The van der Waals surface area contributed by atoms with Crippen molar-refractivity contribution in [3.8, 4) is 17.2 Å². The second kappa shape index (κ2) is 4.36. The van der Waals surface area contributed by atoms with Crippen LogP contribution >= 0.6 is 38.5 Å². The quantitative estimate of drug-likeness (QED) is 0.826. The molecule has 0 aliphatic carbocycles. The maximum atomic E-state index is 9.49. The third-order valence-electron chi connectivity index (χ3n) is 1.53. The molecule has 0 aliphatic heterocycles. The largest absolute Gasteiger partial charge is 0.504 e. The Morgan fingerprint density at radius 3 is 2.46 bits per heavy atom. The van der Waals surface area contributed by atoms with Gasteiger partial charge in [0.2, 0.25) is 0 Å². The number of hydrogen-bond donors (Lipinski definition) is 1. The number of aromatic hydroxyl groups is 1. The molecule has 5 heteroatoms. The average molecular weight is 359 g/mol. The van der Waals surface area contributed by atoms with E-state index in [9.17, 15) is 5.11 Å². The van der Waals surface area contributed by atoms with Crippen molar-refractivity contribution in [1.82, 2.24) is 0 Å². The number of phenolic OH excluding ortho intramolecular Hbond substituents is 1. The Bertz CT molecular complexity index is 328. The van der Waals surface area contributed by atoms with Gasteiger partial charge in [0, 0.05) is 6.07 Å². The maximum absolute atomic E-state index is 9.49. The second-order valence-corrected chi connectivity index (χ2v) is 4.13. The molecule has 0 saturated heterocycles. The van der Waals surface area contributed by atoms with Crippen molar-refractivity contribution in [2.24, 2.45) is 0 Å². The number of benzene rings is 1. The molecule has 0 aliphatic rings. The Balaban J connectivity index is 3.37. The minimum absolute atomic E-state index is 0.0617. The lowest BCUT2D eigenvalue weighted by Gasteiger charge is -2.10. The van der Waals surface area contributed by atoms with Gasteiger partial charge in [-0.25, -0.2) is 0 Å². The number of phenols is 1. The van der Waals surface area contributed by atoms with Crippen LogP contribution in [0.3, 0.4) is 0 Å². The Kier molecular flexibility index (Phi) is 3.66. The Morgan fingerprint density at radius 1 is 1.38 bits per heavy atom. The van der Waals surface area contributed by atoms with Crippen molar-refractivity contribution in [3.05, 3.63) is 14.1 Å². The van der Waals surface area contributed by atoms with Crippen LogP contribution in [0.1, 0.15) is 0 Å². The van der Waals surface area contributed by atoms with Gasteiger partial charge in [0.05, 0.1) is 22.3 Å². The molecule has 0 radical (unpaired) electrons. The van der Waals surface area contributed by atoms with Gasteiger partial charge in [-0.2, -0.15) is 0 Å². The monoisotopic (exact) mass is 358 g/mol. The van der Waals surface area contributed by atoms with Crippen molar-refractivity contribution < 1.29 is 14.6 Å². The molecule has 0 atom stereocenters. The number of ether oxygens (including phenoxy) is 2. The van der Waals surface area contributed by atoms with Crippen LogP contribution < -0.4 is 9.47 Å². The van der Waals surface area contributed by atoms with Crippen molar-refractivity contribution in [1.29, 1.82) is 0 Å². The molecule has 0 heterocycles. The van der Waals surface area contributed by atoms with Gasteiger partial charge in [0.25, 0.3) is 0 Å². The van der Waals surface area contributed by atoms with Gasteiger partial charge in [-0.3, -0.25) is 0 Å². The first kappa shape index (κ1) is 10.9. The van der Waals surface area contributed by atoms with Gasteiger partial charge in [-0.1, -0.05) is 0 Å². The average Bonchev–Trinajstić information content (AvgIpc) is 2.12. The smallest absolute Gasteiger partial charge is 0.176 e. The summed E-state index contributed by atoms with van der Waals surface area (Å²) in [5.74, 6) is 1.10. The van der Waals surface area contributed by atoms with Crippen molar-refractivity contribution in [2.75, 3.05) is 14.2 Å². The maximum Gasteiger partial charge on any atom is 0.176 e. The number of rotatable bonds is 2. The highest BCUT2D eigenvalue weighted by atomic mass is 127. The summed E-state index contributed by atoms with van der Waals surface area (Å²) in [6, 6.07) is 1.52. The van der Waals surface area contributed by atoms with Crippen LogP contribution in [0.4, 0.5) is 0 Å². The van der Waals surface area contributed by atoms with Crippen LogP contribution in [0.25, 0.3) is 0 Å². The molecule has 0 amide bonds. The highest BCUT2D eigenvalue weighted by Crippen LogP contribution is 2.42. The van der Waals surface area contributed by atoms with Crippen molar-refractivity contribution >= 4 is 38.5 Å². The highest BCUT2D eigenvalue weighted by molar-refractivity contribution is 14.1. The molecule has 0 fully saturated rings. The van der Waals surface area contributed by atoms with Crippen LogP contribution in [0.2, 0.25) is 0 Å². The van der Waals surface area contributed by atoms with Gasteiger partial charge in [-0.15, -0.1) is 0 Å². The summed E-state index contributed by atoms with van der Waals surface area (Å²) < 4.78 is 11.6. The summed E-state index contributed by atoms with van der Waals surface area (Å²) in [6.45, 7) is 0. The minimum atomic E-state index is 0.0617. The summed E-state index contributed by atoms with van der Waals surface area (Å²) in [6.07, 6.45) is 0. The topological polar surface area (TPSA) is 38.7 Å². The van der Waals surface area contributed by atoms with E-state index in [2.05, 4.69) is 38.5 Å². The van der Waals surface area contributed by atoms with E-state index in [1.165, 1.54) is 13.2 Å². The third kappa shape index (κ3) is 2.01. The number of hydrogen-bond acceptors (Lipinski definition) is 3. The van der Waals surface area contributed by atoms with E-state index >= 15 is 0 Å². The lowest BCUT2D eigenvalue weighted by Crippen LogP contribution is -1.92. The van der Waals surface area contributed by atoms with E-state index in [1.54, 1.807) is 7.11 Å². The SMILES string of the molecule is COc1cc(O)c(OC)c(Br)c1I. The van der Waals surface area contributed by atoms with Gasteiger partial charge in [-0.05, 0) is 38.5 Å². The lowest BCUT2D eigenvalue weighted by molar-refractivity contribution is 0.362. The van der Waals surface area contributed by atoms with Crippen LogP contribution in [0.15, 0.2) is 10.5 Å². The molecule has 1 rings (SSSR count). The zero-order valence-corrected chi connectivity index (χ0v) is 10.8. The fourth-order valence-corrected chi connectivity index (χ4v) is 2.10. The molecule has 3 nitrogen and oxygen atoms in total. The van der Waals surface area contributed by atoms with Crippen LogP contribution in [-0.4, -0.2) is 19.3 Å². The van der Waals surface area contributed by atoms with E-state index in [4.69, 9.17) is 9.47 Å². The predicted octanol–water partition coefficient (Wildman–Crippen LogP) is 2.78. The molecular formula is C8H8BrIO3. The first-order valence-corrected chi connectivity index (χ1v) is 5.28. The third-order valence-corrected chi connectivity index (χ3v) is 4.10. The molecular weight excluding hydrogens is 351 g/mol. The fourth-order valence-electron chi connectivity index (χ4n) is 0.916. The molecule has 0 saturated carbocycles. The molecule has 1 aromatic carbocycles. The first-order chi connectivity index (χ1) is 6.11. The Labute approximate surface area is 98.3 Å². The molecule has 0 bridgehead atoms. The van der Waals surface area contributed by atoms with E-state index in [0.717, 1.165) is 3.57 Å². The van der Waals surface area contributed by atoms with Gasteiger partial charge in [0.1, 0.15) is 5.75 Å².